The van der Waals surface area contributed by atoms with Crippen LogP contribution in [0.1, 0.15) is 6.23 Å². The maximum Gasteiger partial charge on any atom is 0.692 e. The van der Waals surface area contributed by atoms with E-state index in [0.29, 0.717) is 11.2 Å². The molecule has 0 saturated carbocycles. The number of anilines is 1. The summed E-state index contributed by atoms with van der Waals surface area (Å²) in [7, 11) is -7.54. The zero-order valence-corrected chi connectivity index (χ0v) is 15.4. The Labute approximate surface area is 157 Å². The van der Waals surface area contributed by atoms with E-state index in [1.165, 1.54) is 17.2 Å². The molecule has 18 heteroatoms. The number of nitrogens with zero attached hydrogens (tertiary/aromatic N) is 4. The monoisotopic (exact) mass is 446 g/mol. The van der Waals surface area contributed by atoms with Gasteiger partial charge in [0.05, 0.1) is 12.9 Å². The molecule has 0 amide bonds. The number of rotatable bonds is 2. The number of fused-ring (bicyclic) bond motifs is 1. The van der Waals surface area contributed by atoms with Crippen LogP contribution < -0.4 is 5.73 Å². The molecule has 1 aliphatic rings. The van der Waals surface area contributed by atoms with Crippen molar-refractivity contribution in [3.63, 3.8) is 0 Å². The Morgan fingerprint density at radius 1 is 1.18 bits per heavy atom. The molecular formula is C10H17N5O11PS+. The van der Waals surface area contributed by atoms with Crippen LogP contribution in [0.2, 0.25) is 0 Å². The summed E-state index contributed by atoms with van der Waals surface area (Å²) in [5.74, 6) is 0.218. The van der Waals surface area contributed by atoms with E-state index >= 15 is 0 Å². The molecule has 1 fully saturated rings. The molecule has 2 aromatic rings. The summed E-state index contributed by atoms with van der Waals surface area (Å²) in [5, 5.41) is 28.7. The highest BCUT2D eigenvalue weighted by atomic mass is 32.3. The van der Waals surface area contributed by atoms with Gasteiger partial charge in [0.2, 0.25) is 0 Å². The van der Waals surface area contributed by atoms with E-state index in [4.69, 9.17) is 47.5 Å². The highest BCUT2D eigenvalue weighted by Gasteiger charge is 2.43. The Kier molecular flexibility index (Phi) is 8.64. The SMILES string of the molecule is Nc1ncnc2c1ncn2[C@@H]1O[C@H](CO)C(O)C1O.O=S(=O)(O)O.O=[P+](O)O. The van der Waals surface area contributed by atoms with Crippen LogP contribution in [0, 0.1) is 0 Å². The van der Waals surface area contributed by atoms with Gasteiger partial charge in [-0.25, -0.2) is 15.0 Å². The van der Waals surface area contributed by atoms with E-state index in [-0.39, 0.29) is 5.82 Å². The van der Waals surface area contributed by atoms with E-state index in [1.807, 2.05) is 0 Å². The van der Waals surface area contributed by atoms with Gasteiger partial charge in [-0.1, -0.05) is 0 Å². The molecule has 1 saturated heterocycles. The standard InChI is InChI=1S/C10H13N5O4.H2O4S.HO3P/c11-8-5-9(13-2-12-8)15(3-14-5)10-7(18)6(17)4(1-16)19-10;1-5(2,3)4;1-4(2)3/h2-4,6-7,10,16-18H,1H2,(H2,11,12,13);(H2,1,2,3,4);(H-,1,2,3)/p+1/t4-,6?,7?,10-;;/m1../s1. The lowest BCUT2D eigenvalue weighted by molar-refractivity contribution is -0.0511. The maximum atomic E-state index is 9.95. The molecule has 4 atom stereocenters. The minimum atomic E-state index is -4.67. The number of hydrogen-bond acceptors (Lipinski definition) is 11. The van der Waals surface area contributed by atoms with Gasteiger partial charge in [0.25, 0.3) is 0 Å². The van der Waals surface area contributed by atoms with Crippen LogP contribution in [0.25, 0.3) is 11.2 Å². The van der Waals surface area contributed by atoms with Gasteiger partial charge >= 0.3 is 18.7 Å². The van der Waals surface area contributed by atoms with E-state index in [0.717, 1.165) is 0 Å². The molecule has 0 radical (unpaired) electrons. The second kappa shape index (κ2) is 10.0. The summed E-state index contributed by atoms with van der Waals surface area (Å²) in [5.41, 5.74) is 6.44. The van der Waals surface area contributed by atoms with Gasteiger partial charge in [0.1, 0.15) is 30.2 Å². The average Bonchev–Trinajstić information content (AvgIpc) is 3.09. The molecule has 2 unspecified atom stereocenters. The normalized spacial score (nSPS) is 24.1. The van der Waals surface area contributed by atoms with Crippen LogP contribution in [0.4, 0.5) is 5.82 Å². The van der Waals surface area contributed by atoms with Crippen molar-refractivity contribution in [2.75, 3.05) is 12.3 Å². The first kappa shape index (κ1) is 24.1. The lowest BCUT2D eigenvalue weighted by Gasteiger charge is -2.16. The Balaban J connectivity index is 0.000000369. The molecule has 16 nitrogen and oxygen atoms in total. The number of aromatic nitrogens is 4. The lowest BCUT2D eigenvalue weighted by atomic mass is 10.1. The van der Waals surface area contributed by atoms with E-state index in [2.05, 4.69) is 15.0 Å². The van der Waals surface area contributed by atoms with Gasteiger partial charge in [-0.3, -0.25) is 13.7 Å². The summed E-state index contributed by atoms with van der Waals surface area (Å²) in [6.07, 6.45) is -1.42. The number of nitrogen functional groups attached to an aromatic ring is 1. The van der Waals surface area contributed by atoms with Crippen molar-refractivity contribution in [3.05, 3.63) is 12.7 Å². The second-order valence-electron chi connectivity index (χ2n) is 5.01. The zero-order chi connectivity index (χ0) is 21.6. The minimum absolute atomic E-state index is 0.218. The first-order valence-corrected chi connectivity index (χ1v) is 9.53. The van der Waals surface area contributed by atoms with E-state index in [1.54, 1.807) is 0 Å². The summed E-state index contributed by atoms with van der Waals surface area (Å²) >= 11 is 0. The number of nitrogens with two attached hydrogens (primary N) is 1. The van der Waals surface area contributed by atoms with E-state index in [9.17, 15) is 10.2 Å². The van der Waals surface area contributed by atoms with Crippen molar-refractivity contribution in [3.8, 4) is 0 Å². The van der Waals surface area contributed by atoms with Gasteiger partial charge in [-0.15, -0.1) is 9.79 Å². The largest absolute Gasteiger partial charge is 0.692 e. The Morgan fingerprint density at radius 2 is 1.71 bits per heavy atom. The fourth-order valence-corrected chi connectivity index (χ4v) is 2.17. The predicted molar refractivity (Wildman–Crippen MR) is 89.0 cm³/mol. The fraction of sp³-hybridized carbons (Fsp3) is 0.500. The van der Waals surface area contributed by atoms with E-state index < -0.39 is 49.8 Å². The molecule has 1 aliphatic heterocycles. The molecule has 3 heterocycles. The molecule has 2 aromatic heterocycles. The summed E-state index contributed by atoms with van der Waals surface area (Å²) in [4.78, 5) is 26.1. The Morgan fingerprint density at radius 3 is 2.18 bits per heavy atom. The van der Waals surface area contributed by atoms with Crippen LogP contribution in [-0.2, 0) is 19.7 Å². The molecule has 0 bridgehead atoms. The third-order valence-electron chi connectivity index (χ3n) is 3.18. The lowest BCUT2D eigenvalue weighted by Crippen LogP contribution is -2.33. The molecule has 0 spiro atoms. The molecule has 0 aromatic carbocycles. The fourth-order valence-electron chi connectivity index (χ4n) is 2.17. The van der Waals surface area contributed by atoms with Crippen molar-refractivity contribution >= 4 is 35.6 Å². The second-order valence-corrected chi connectivity index (χ2v) is 6.41. The Bertz CT molecular complexity index is 896. The number of aliphatic hydroxyl groups is 3. The summed E-state index contributed by atoms with van der Waals surface area (Å²) in [6.45, 7) is -0.390. The highest BCUT2D eigenvalue weighted by Crippen LogP contribution is 2.31. The van der Waals surface area contributed by atoms with Gasteiger partial charge in [0, 0.05) is 4.57 Å². The third-order valence-corrected chi connectivity index (χ3v) is 3.18. The molecular weight excluding hydrogens is 429 g/mol. The molecule has 28 heavy (non-hydrogen) atoms. The van der Waals surface area contributed by atoms with Crippen LogP contribution >= 0.6 is 8.25 Å². The summed E-state index contributed by atoms with van der Waals surface area (Å²) < 4.78 is 47.1. The first-order chi connectivity index (χ1) is 12.9. The van der Waals surface area contributed by atoms with Crippen molar-refractivity contribution < 1.29 is 51.9 Å². The predicted octanol–water partition coefficient (Wildman–Crippen LogP) is -3.00. The maximum absolute atomic E-state index is 9.95. The highest BCUT2D eigenvalue weighted by molar-refractivity contribution is 7.79. The van der Waals surface area contributed by atoms with Crippen molar-refractivity contribution in [2.45, 2.75) is 24.5 Å². The van der Waals surface area contributed by atoms with Crippen molar-refractivity contribution in [1.29, 1.82) is 0 Å². The zero-order valence-electron chi connectivity index (χ0n) is 13.7. The first-order valence-electron chi connectivity index (χ1n) is 6.97. The molecule has 9 N–H and O–H groups in total. The molecule has 158 valence electrons. The quantitative estimate of drug-likeness (QED) is 0.168. The minimum Gasteiger partial charge on any atom is -0.394 e. The number of aliphatic hydroxyl groups excluding tert-OH is 3. The number of imidazole rings is 1. The van der Waals surface area contributed by atoms with Crippen LogP contribution in [0.5, 0.6) is 0 Å². The number of hydrogen-bond donors (Lipinski definition) is 8. The Hall–Kier alpha value is -1.92. The number of ether oxygens (including phenoxy) is 1. The van der Waals surface area contributed by atoms with Crippen molar-refractivity contribution in [1.82, 2.24) is 19.5 Å². The smallest absolute Gasteiger partial charge is 0.394 e. The third kappa shape index (κ3) is 6.91. The van der Waals surface area contributed by atoms with Crippen LogP contribution in [0.15, 0.2) is 12.7 Å². The molecule has 3 rings (SSSR count). The van der Waals surface area contributed by atoms with Crippen LogP contribution in [-0.4, -0.2) is 87.1 Å². The topological polar surface area (TPSA) is 272 Å². The van der Waals surface area contributed by atoms with Gasteiger partial charge < -0.3 is 25.8 Å². The summed E-state index contributed by atoms with van der Waals surface area (Å²) in [6, 6.07) is 0. The van der Waals surface area contributed by atoms with Crippen molar-refractivity contribution in [2.24, 2.45) is 0 Å². The average molecular weight is 446 g/mol. The van der Waals surface area contributed by atoms with Gasteiger partial charge in [0.15, 0.2) is 17.7 Å². The van der Waals surface area contributed by atoms with Gasteiger partial charge in [-0.2, -0.15) is 8.42 Å². The van der Waals surface area contributed by atoms with Gasteiger partial charge in [-0.05, 0) is 0 Å². The van der Waals surface area contributed by atoms with Crippen LogP contribution in [0.3, 0.4) is 0 Å². The molecule has 0 aliphatic carbocycles.